The van der Waals surface area contributed by atoms with Crippen LogP contribution in [0.2, 0.25) is 0 Å². The van der Waals surface area contributed by atoms with Crippen LogP contribution in [0.5, 0.6) is 5.75 Å². The lowest BCUT2D eigenvalue weighted by Crippen LogP contribution is -2.25. The van der Waals surface area contributed by atoms with Crippen LogP contribution < -0.4 is 10.1 Å². The van der Waals surface area contributed by atoms with Gasteiger partial charge in [-0.3, -0.25) is 0 Å². The molecule has 3 rings (SSSR count). The number of hydrogen-bond acceptors (Lipinski definition) is 2. The summed E-state index contributed by atoms with van der Waals surface area (Å²) in [6.45, 7) is 0.942. The molecular formula is C15H20N2O. The highest BCUT2D eigenvalue weighted by Gasteiger charge is 2.14. The lowest BCUT2D eigenvalue weighted by molar-refractivity contribution is 0.415. The van der Waals surface area contributed by atoms with Gasteiger partial charge in [-0.05, 0) is 36.6 Å². The zero-order valence-corrected chi connectivity index (χ0v) is 10.8. The Hall–Kier alpha value is -1.48. The fourth-order valence-electron chi connectivity index (χ4n) is 2.81. The summed E-state index contributed by atoms with van der Waals surface area (Å²) in [7, 11) is 1.71. The van der Waals surface area contributed by atoms with Gasteiger partial charge in [0.1, 0.15) is 5.75 Å². The van der Waals surface area contributed by atoms with Crippen molar-refractivity contribution in [2.45, 2.75) is 38.3 Å². The molecule has 1 aliphatic carbocycles. The Balaban J connectivity index is 1.78. The number of nitrogens with one attached hydrogen (secondary N) is 2. The van der Waals surface area contributed by atoms with Crippen molar-refractivity contribution in [2.24, 2.45) is 0 Å². The maximum atomic E-state index is 5.29. The van der Waals surface area contributed by atoms with Crippen LogP contribution in [0, 0.1) is 0 Å². The summed E-state index contributed by atoms with van der Waals surface area (Å²) in [6.07, 6.45) is 7.50. The summed E-state index contributed by atoms with van der Waals surface area (Å²) < 4.78 is 5.29. The first-order valence-corrected chi connectivity index (χ1v) is 6.74. The maximum absolute atomic E-state index is 5.29. The highest BCUT2D eigenvalue weighted by atomic mass is 16.5. The van der Waals surface area contributed by atoms with Crippen molar-refractivity contribution in [3.8, 4) is 5.75 Å². The minimum Gasteiger partial charge on any atom is -0.497 e. The Morgan fingerprint density at radius 1 is 1.33 bits per heavy atom. The predicted molar refractivity (Wildman–Crippen MR) is 73.9 cm³/mol. The average molecular weight is 244 g/mol. The molecule has 1 aromatic heterocycles. The molecule has 0 aliphatic heterocycles. The van der Waals surface area contributed by atoms with Crippen molar-refractivity contribution < 1.29 is 4.74 Å². The van der Waals surface area contributed by atoms with E-state index in [2.05, 4.69) is 28.6 Å². The molecule has 0 amide bonds. The van der Waals surface area contributed by atoms with Gasteiger partial charge in [-0.2, -0.15) is 0 Å². The molecule has 3 nitrogen and oxygen atoms in total. The molecule has 0 bridgehead atoms. The van der Waals surface area contributed by atoms with Crippen molar-refractivity contribution in [3.05, 3.63) is 30.0 Å². The fourth-order valence-corrected chi connectivity index (χ4v) is 2.81. The number of fused-ring (bicyclic) bond motifs is 1. The quantitative estimate of drug-likeness (QED) is 0.866. The first-order valence-electron chi connectivity index (χ1n) is 6.74. The number of rotatable bonds is 4. The van der Waals surface area contributed by atoms with Gasteiger partial charge in [0.2, 0.25) is 0 Å². The van der Waals surface area contributed by atoms with Gasteiger partial charge in [0.25, 0.3) is 0 Å². The molecule has 1 aromatic carbocycles. The Morgan fingerprint density at radius 2 is 2.17 bits per heavy atom. The third kappa shape index (κ3) is 2.23. The summed E-state index contributed by atoms with van der Waals surface area (Å²) in [6, 6.07) is 6.89. The monoisotopic (exact) mass is 244 g/mol. The van der Waals surface area contributed by atoms with Gasteiger partial charge in [-0.25, -0.2) is 0 Å². The topological polar surface area (TPSA) is 37.0 Å². The molecule has 0 saturated heterocycles. The summed E-state index contributed by atoms with van der Waals surface area (Å²) in [4.78, 5) is 3.32. The fraction of sp³-hybridized carbons (Fsp3) is 0.467. The van der Waals surface area contributed by atoms with E-state index in [0.717, 1.165) is 12.3 Å². The molecule has 18 heavy (non-hydrogen) atoms. The SMILES string of the molecule is COc1ccc2[nH]cc(CNC3CCCC3)c2c1. The normalized spacial score (nSPS) is 16.5. The van der Waals surface area contributed by atoms with E-state index in [0.29, 0.717) is 6.04 Å². The van der Waals surface area contributed by atoms with Crippen molar-refractivity contribution in [1.82, 2.24) is 10.3 Å². The third-order valence-corrected chi connectivity index (χ3v) is 3.91. The number of aromatic nitrogens is 1. The van der Waals surface area contributed by atoms with Gasteiger partial charge in [0.15, 0.2) is 0 Å². The Bertz CT molecular complexity index is 526. The Kier molecular flexibility index (Phi) is 3.24. The van der Waals surface area contributed by atoms with Crippen molar-refractivity contribution in [2.75, 3.05) is 7.11 Å². The minimum absolute atomic E-state index is 0.709. The van der Waals surface area contributed by atoms with E-state index >= 15 is 0 Å². The zero-order chi connectivity index (χ0) is 12.4. The minimum atomic E-state index is 0.709. The zero-order valence-electron chi connectivity index (χ0n) is 10.8. The maximum Gasteiger partial charge on any atom is 0.119 e. The Labute approximate surface area is 108 Å². The summed E-state index contributed by atoms with van der Waals surface area (Å²) in [5.41, 5.74) is 2.51. The molecule has 0 spiro atoms. The number of benzene rings is 1. The number of H-pyrrole nitrogens is 1. The number of aromatic amines is 1. The molecule has 1 heterocycles. The van der Waals surface area contributed by atoms with Crippen molar-refractivity contribution in [3.63, 3.8) is 0 Å². The van der Waals surface area contributed by atoms with Crippen LogP contribution in [0.4, 0.5) is 0 Å². The smallest absolute Gasteiger partial charge is 0.119 e. The molecule has 2 N–H and O–H groups in total. The number of methoxy groups -OCH3 is 1. The second-order valence-electron chi connectivity index (χ2n) is 5.09. The number of hydrogen-bond donors (Lipinski definition) is 2. The average Bonchev–Trinajstić information content (AvgIpc) is 3.05. The van der Waals surface area contributed by atoms with E-state index in [-0.39, 0.29) is 0 Å². The molecule has 3 heteroatoms. The van der Waals surface area contributed by atoms with E-state index in [1.807, 2.05) is 6.07 Å². The van der Waals surface area contributed by atoms with Gasteiger partial charge in [-0.15, -0.1) is 0 Å². The standard InChI is InChI=1S/C15H20N2O/c1-18-13-6-7-15-14(8-13)11(10-17-15)9-16-12-4-2-3-5-12/h6-8,10,12,16-17H,2-5,9H2,1H3. The van der Waals surface area contributed by atoms with Crippen LogP contribution in [0.1, 0.15) is 31.2 Å². The first-order chi connectivity index (χ1) is 8.86. The van der Waals surface area contributed by atoms with Gasteiger partial charge < -0.3 is 15.0 Å². The van der Waals surface area contributed by atoms with Crippen LogP contribution in [0.3, 0.4) is 0 Å². The Morgan fingerprint density at radius 3 is 2.94 bits per heavy atom. The molecule has 1 saturated carbocycles. The lowest BCUT2D eigenvalue weighted by atomic mass is 10.1. The number of ether oxygens (including phenoxy) is 1. The molecule has 1 aliphatic rings. The van der Waals surface area contributed by atoms with E-state index in [9.17, 15) is 0 Å². The van der Waals surface area contributed by atoms with Crippen molar-refractivity contribution in [1.29, 1.82) is 0 Å². The summed E-state index contributed by atoms with van der Waals surface area (Å²) in [5, 5.41) is 4.92. The molecular weight excluding hydrogens is 224 g/mol. The molecule has 1 fully saturated rings. The predicted octanol–water partition coefficient (Wildman–Crippen LogP) is 3.21. The van der Waals surface area contributed by atoms with E-state index in [1.54, 1.807) is 7.11 Å². The van der Waals surface area contributed by atoms with Gasteiger partial charge in [0, 0.05) is 29.7 Å². The molecule has 96 valence electrons. The third-order valence-electron chi connectivity index (χ3n) is 3.91. The largest absolute Gasteiger partial charge is 0.497 e. The second-order valence-corrected chi connectivity index (χ2v) is 5.09. The van der Waals surface area contributed by atoms with E-state index in [1.165, 1.54) is 42.1 Å². The molecule has 0 atom stereocenters. The van der Waals surface area contributed by atoms with Crippen molar-refractivity contribution >= 4 is 10.9 Å². The van der Waals surface area contributed by atoms with Gasteiger partial charge in [0.05, 0.1) is 7.11 Å². The first kappa shape index (κ1) is 11.6. The van der Waals surface area contributed by atoms with Crippen LogP contribution in [0.25, 0.3) is 10.9 Å². The second kappa shape index (κ2) is 5.02. The molecule has 0 unspecified atom stereocenters. The lowest BCUT2D eigenvalue weighted by Gasteiger charge is -2.11. The van der Waals surface area contributed by atoms with E-state index in [4.69, 9.17) is 4.74 Å². The molecule has 0 radical (unpaired) electrons. The van der Waals surface area contributed by atoms with Crippen LogP contribution >= 0.6 is 0 Å². The van der Waals surface area contributed by atoms with Crippen LogP contribution in [-0.2, 0) is 6.54 Å². The molecule has 2 aromatic rings. The summed E-state index contributed by atoms with van der Waals surface area (Å²) >= 11 is 0. The van der Waals surface area contributed by atoms with Crippen LogP contribution in [-0.4, -0.2) is 18.1 Å². The van der Waals surface area contributed by atoms with Gasteiger partial charge in [-0.1, -0.05) is 12.8 Å². The van der Waals surface area contributed by atoms with Crippen LogP contribution in [0.15, 0.2) is 24.4 Å². The summed E-state index contributed by atoms with van der Waals surface area (Å²) in [5.74, 6) is 0.921. The van der Waals surface area contributed by atoms with E-state index < -0.39 is 0 Å². The highest BCUT2D eigenvalue weighted by molar-refractivity contribution is 5.84. The highest BCUT2D eigenvalue weighted by Crippen LogP contribution is 2.24. The van der Waals surface area contributed by atoms with Gasteiger partial charge >= 0.3 is 0 Å².